The molecule has 3 aromatic carbocycles. The van der Waals surface area contributed by atoms with Crippen molar-refractivity contribution in [2.45, 2.75) is 26.1 Å². The highest BCUT2D eigenvalue weighted by Crippen LogP contribution is 2.30. The Balaban J connectivity index is 1.50. The van der Waals surface area contributed by atoms with Crippen molar-refractivity contribution in [1.29, 1.82) is 0 Å². The molecule has 0 aliphatic carbocycles. The van der Waals surface area contributed by atoms with Crippen LogP contribution in [0.1, 0.15) is 34.0 Å². The Morgan fingerprint density at radius 3 is 2.38 bits per heavy atom. The lowest BCUT2D eigenvalue weighted by molar-refractivity contribution is -0.137. The first-order valence-corrected chi connectivity index (χ1v) is 12.2. The van der Waals surface area contributed by atoms with Crippen LogP contribution in [0.15, 0.2) is 79.1 Å². The Labute approximate surface area is 222 Å². The third-order valence-corrected chi connectivity index (χ3v) is 6.27. The number of phenolic OH excluding ortho intramolecular Hbond substituents is 1. The first-order valence-electron chi connectivity index (χ1n) is 12.2. The summed E-state index contributed by atoms with van der Waals surface area (Å²) >= 11 is 0. The zero-order valence-electron chi connectivity index (χ0n) is 20.9. The van der Waals surface area contributed by atoms with E-state index in [1.165, 1.54) is 19.1 Å². The first kappa shape index (κ1) is 25.9. The average Bonchev–Trinajstić information content (AvgIpc) is 3.32. The van der Waals surface area contributed by atoms with Crippen molar-refractivity contribution >= 4 is 22.8 Å². The van der Waals surface area contributed by atoms with Gasteiger partial charge < -0.3 is 15.0 Å². The predicted molar refractivity (Wildman–Crippen MR) is 142 cm³/mol. The third-order valence-electron chi connectivity index (χ3n) is 6.27. The van der Waals surface area contributed by atoms with Gasteiger partial charge in [-0.2, -0.15) is 13.2 Å². The van der Waals surface area contributed by atoms with Crippen molar-refractivity contribution in [2.75, 3.05) is 11.9 Å². The number of carbonyl (C=O) groups excluding carboxylic acids is 1. The van der Waals surface area contributed by atoms with Crippen LogP contribution in [0.2, 0.25) is 0 Å². The number of alkyl halides is 3. The van der Waals surface area contributed by atoms with Crippen LogP contribution in [-0.4, -0.2) is 37.0 Å². The third kappa shape index (κ3) is 5.90. The van der Waals surface area contributed by atoms with Crippen molar-refractivity contribution in [1.82, 2.24) is 19.5 Å². The highest BCUT2D eigenvalue weighted by atomic mass is 19.4. The van der Waals surface area contributed by atoms with Crippen LogP contribution in [0.5, 0.6) is 5.75 Å². The van der Waals surface area contributed by atoms with Crippen molar-refractivity contribution in [3.8, 4) is 17.1 Å². The molecule has 10 heteroatoms. The van der Waals surface area contributed by atoms with Gasteiger partial charge in [-0.3, -0.25) is 4.79 Å². The number of rotatable bonds is 8. The minimum Gasteiger partial charge on any atom is -0.508 e. The Morgan fingerprint density at radius 1 is 0.974 bits per heavy atom. The number of nitrogens with zero attached hydrogens (tertiary/aromatic N) is 4. The fourth-order valence-electron chi connectivity index (χ4n) is 4.17. The number of Topliss-reactive ketones (excluding diaryl/α,β-unsaturated/α-hetero) is 1. The number of benzene rings is 3. The molecule has 39 heavy (non-hydrogen) atoms. The normalized spacial score (nSPS) is 11.6. The van der Waals surface area contributed by atoms with Gasteiger partial charge in [-0.1, -0.05) is 42.5 Å². The van der Waals surface area contributed by atoms with Gasteiger partial charge in [0.2, 0.25) is 0 Å². The minimum atomic E-state index is -4.41. The highest BCUT2D eigenvalue weighted by molar-refractivity contribution is 5.95. The molecule has 0 saturated carbocycles. The second-order valence-corrected chi connectivity index (χ2v) is 9.12. The van der Waals surface area contributed by atoms with Crippen LogP contribution in [0.3, 0.4) is 0 Å². The quantitative estimate of drug-likeness (QED) is 0.234. The van der Waals surface area contributed by atoms with Gasteiger partial charge in [0, 0.05) is 17.7 Å². The summed E-state index contributed by atoms with van der Waals surface area (Å²) in [5.41, 5.74) is 3.15. The zero-order chi connectivity index (χ0) is 27.6. The van der Waals surface area contributed by atoms with E-state index < -0.39 is 11.7 Å². The van der Waals surface area contributed by atoms with Crippen molar-refractivity contribution < 1.29 is 23.1 Å². The average molecular weight is 532 g/mol. The zero-order valence-corrected chi connectivity index (χ0v) is 20.9. The lowest BCUT2D eigenvalue weighted by Gasteiger charge is -2.11. The number of hydrogen-bond donors (Lipinski definition) is 2. The number of hydrogen-bond acceptors (Lipinski definition) is 6. The maximum Gasteiger partial charge on any atom is 0.416 e. The van der Waals surface area contributed by atoms with Gasteiger partial charge in [0.1, 0.15) is 11.3 Å². The number of nitrogens with one attached hydrogen (secondary N) is 1. The van der Waals surface area contributed by atoms with E-state index in [4.69, 9.17) is 9.97 Å². The summed E-state index contributed by atoms with van der Waals surface area (Å²) < 4.78 is 40.7. The first-order chi connectivity index (χ1) is 18.7. The molecule has 0 radical (unpaired) electrons. The number of halogens is 3. The van der Waals surface area contributed by atoms with E-state index >= 15 is 0 Å². The number of anilines is 1. The molecule has 5 rings (SSSR count). The van der Waals surface area contributed by atoms with Crippen molar-refractivity contribution in [3.05, 3.63) is 101 Å². The van der Waals surface area contributed by atoms with Gasteiger partial charge in [-0.15, -0.1) is 0 Å². The molecule has 0 bridgehead atoms. The Hall–Kier alpha value is -4.73. The summed E-state index contributed by atoms with van der Waals surface area (Å²) in [5.74, 6) is 0.984. The molecular formula is C29H24F3N5O2. The van der Waals surface area contributed by atoms with Crippen LogP contribution in [-0.2, 0) is 19.1 Å². The molecule has 0 aliphatic rings. The van der Waals surface area contributed by atoms with Gasteiger partial charge in [0.25, 0.3) is 0 Å². The number of aromatic nitrogens is 4. The van der Waals surface area contributed by atoms with Crippen LogP contribution in [0.4, 0.5) is 19.0 Å². The van der Waals surface area contributed by atoms with Crippen molar-refractivity contribution in [3.63, 3.8) is 0 Å². The SMILES string of the molecule is CC(=O)c1cccc(-c2nc(NCCc3ccc(O)cc3)c3ncn(Cc4ccc(C(F)(F)F)cc4)c3n2)c1. The lowest BCUT2D eigenvalue weighted by atomic mass is 10.1. The molecule has 0 aliphatic heterocycles. The van der Waals surface area contributed by atoms with E-state index in [0.717, 1.165) is 17.7 Å². The van der Waals surface area contributed by atoms with Crippen LogP contribution >= 0.6 is 0 Å². The molecule has 2 N–H and O–H groups in total. The van der Waals surface area contributed by atoms with E-state index in [1.807, 2.05) is 18.2 Å². The summed E-state index contributed by atoms with van der Waals surface area (Å²) in [6.07, 6.45) is -2.16. The molecule has 0 amide bonds. The van der Waals surface area contributed by atoms with Gasteiger partial charge in [0.15, 0.2) is 23.1 Å². The van der Waals surface area contributed by atoms with Crippen LogP contribution in [0.25, 0.3) is 22.6 Å². The molecule has 0 saturated heterocycles. The minimum absolute atomic E-state index is 0.0856. The molecule has 2 heterocycles. The van der Waals surface area contributed by atoms with E-state index in [9.17, 15) is 23.1 Å². The molecule has 0 fully saturated rings. The fourth-order valence-corrected chi connectivity index (χ4v) is 4.17. The van der Waals surface area contributed by atoms with Gasteiger partial charge in [-0.05, 0) is 54.8 Å². The molecule has 198 valence electrons. The van der Waals surface area contributed by atoms with E-state index in [0.29, 0.717) is 52.5 Å². The number of carbonyl (C=O) groups is 1. The lowest BCUT2D eigenvalue weighted by Crippen LogP contribution is -2.09. The molecule has 7 nitrogen and oxygen atoms in total. The molecular weight excluding hydrogens is 507 g/mol. The molecule has 0 atom stereocenters. The monoisotopic (exact) mass is 531 g/mol. The fraction of sp³-hybridized carbons (Fsp3) is 0.172. The Kier molecular flexibility index (Phi) is 7.02. The number of aromatic hydroxyl groups is 1. The smallest absolute Gasteiger partial charge is 0.416 e. The summed E-state index contributed by atoms with van der Waals surface area (Å²) in [7, 11) is 0. The standard InChI is InChI=1S/C29H24F3N5O2/c1-18(38)21-3-2-4-22(15-21)26-35-27(33-14-13-19-7-11-24(39)12-8-19)25-28(36-26)37(17-34-25)16-20-5-9-23(10-6-20)29(30,31)32/h2-12,15,17,39H,13-14,16H2,1H3,(H,33,35,36). The second kappa shape index (κ2) is 10.6. The summed E-state index contributed by atoms with van der Waals surface area (Å²) in [4.78, 5) is 25.9. The molecule has 2 aromatic heterocycles. The van der Waals surface area contributed by atoms with Gasteiger partial charge in [0.05, 0.1) is 18.4 Å². The summed E-state index contributed by atoms with van der Waals surface area (Å²) in [6, 6.07) is 18.9. The largest absolute Gasteiger partial charge is 0.508 e. The topological polar surface area (TPSA) is 92.9 Å². The maximum atomic E-state index is 13.0. The van der Waals surface area contributed by atoms with Crippen LogP contribution in [0, 0.1) is 0 Å². The summed E-state index contributed by atoms with van der Waals surface area (Å²) in [5, 5.41) is 12.8. The Morgan fingerprint density at radius 2 is 1.69 bits per heavy atom. The molecule has 0 spiro atoms. The molecule has 5 aromatic rings. The predicted octanol–water partition coefficient (Wildman–Crippen LogP) is 6.12. The number of fused-ring (bicyclic) bond motifs is 1. The van der Waals surface area contributed by atoms with Gasteiger partial charge >= 0.3 is 6.18 Å². The highest BCUT2D eigenvalue weighted by Gasteiger charge is 2.30. The Bertz CT molecular complexity index is 1630. The number of ketones is 1. The number of imidazole rings is 1. The van der Waals surface area contributed by atoms with E-state index in [2.05, 4.69) is 10.3 Å². The van der Waals surface area contributed by atoms with E-state index in [-0.39, 0.29) is 18.1 Å². The maximum absolute atomic E-state index is 13.0. The number of phenols is 1. The summed E-state index contributed by atoms with van der Waals surface area (Å²) in [6.45, 7) is 2.26. The molecule has 0 unspecified atom stereocenters. The van der Waals surface area contributed by atoms with Crippen molar-refractivity contribution in [2.24, 2.45) is 0 Å². The van der Waals surface area contributed by atoms with Crippen LogP contribution < -0.4 is 5.32 Å². The second-order valence-electron chi connectivity index (χ2n) is 9.12. The van der Waals surface area contributed by atoms with E-state index in [1.54, 1.807) is 41.2 Å². The van der Waals surface area contributed by atoms with Gasteiger partial charge in [-0.25, -0.2) is 15.0 Å².